The molecular weight excluding hydrogens is 398 g/mol. The van der Waals surface area contributed by atoms with Gasteiger partial charge in [0.15, 0.2) is 5.13 Å². The molecule has 0 fully saturated rings. The maximum atomic E-state index is 13.4. The number of nitrogens with zero attached hydrogens (tertiary/aromatic N) is 3. The number of hydrogen-bond acceptors (Lipinski definition) is 6. The number of thiazole rings is 1. The second-order valence-electron chi connectivity index (χ2n) is 6.54. The van der Waals surface area contributed by atoms with E-state index in [-0.39, 0.29) is 5.91 Å². The largest absolute Gasteiger partial charge is 0.497 e. The van der Waals surface area contributed by atoms with Crippen LogP contribution in [0.2, 0.25) is 0 Å². The van der Waals surface area contributed by atoms with Crippen LogP contribution >= 0.6 is 11.3 Å². The fourth-order valence-corrected chi connectivity index (χ4v) is 4.00. The number of methoxy groups -OCH3 is 1. The van der Waals surface area contributed by atoms with E-state index in [0.29, 0.717) is 23.8 Å². The second-order valence-corrected chi connectivity index (χ2v) is 7.55. The number of anilines is 1. The van der Waals surface area contributed by atoms with E-state index in [1.165, 1.54) is 11.3 Å². The smallest absolute Gasteiger partial charge is 0.260 e. The van der Waals surface area contributed by atoms with E-state index < -0.39 is 0 Å². The highest BCUT2D eigenvalue weighted by Gasteiger charge is 2.22. The number of fused-ring (bicyclic) bond motifs is 1. The lowest BCUT2D eigenvalue weighted by atomic mass is 10.2. The summed E-state index contributed by atoms with van der Waals surface area (Å²) in [6.07, 6.45) is 3.47. The fraction of sp³-hybridized carbons (Fsp3) is 0.174. The van der Waals surface area contributed by atoms with Crippen molar-refractivity contribution in [1.29, 1.82) is 0 Å². The summed E-state index contributed by atoms with van der Waals surface area (Å²) in [5, 5.41) is 0.626. The van der Waals surface area contributed by atoms with Crippen molar-refractivity contribution in [2.75, 3.05) is 18.6 Å². The fourth-order valence-electron chi connectivity index (χ4n) is 3.05. The van der Waals surface area contributed by atoms with Crippen LogP contribution in [0.4, 0.5) is 5.13 Å². The molecule has 0 saturated heterocycles. The summed E-state index contributed by atoms with van der Waals surface area (Å²) >= 11 is 1.47. The summed E-state index contributed by atoms with van der Waals surface area (Å²) < 4.78 is 11.8. The van der Waals surface area contributed by atoms with Crippen LogP contribution in [0.25, 0.3) is 10.2 Å². The van der Waals surface area contributed by atoms with Crippen LogP contribution in [-0.4, -0.2) is 29.6 Å². The number of ether oxygens (including phenoxy) is 2. The van der Waals surface area contributed by atoms with Crippen LogP contribution in [0.15, 0.2) is 67.0 Å². The van der Waals surface area contributed by atoms with Crippen LogP contribution < -0.4 is 14.4 Å². The van der Waals surface area contributed by atoms with Crippen molar-refractivity contribution in [3.63, 3.8) is 0 Å². The van der Waals surface area contributed by atoms with Gasteiger partial charge in [0.05, 0.1) is 30.5 Å². The van der Waals surface area contributed by atoms with E-state index in [1.54, 1.807) is 36.5 Å². The summed E-state index contributed by atoms with van der Waals surface area (Å²) in [5.74, 6) is 1.34. The number of rotatable bonds is 7. The molecule has 4 rings (SSSR count). The molecule has 0 saturated carbocycles. The zero-order valence-electron chi connectivity index (χ0n) is 16.7. The number of hydrogen-bond donors (Lipinski definition) is 0. The minimum absolute atomic E-state index is 0.132. The third-order valence-electron chi connectivity index (χ3n) is 4.54. The second kappa shape index (κ2) is 8.92. The Kier molecular flexibility index (Phi) is 5.90. The van der Waals surface area contributed by atoms with Gasteiger partial charge in [-0.3, -0.25) is 14.7 Å². The Labute approximate surface area is 178 Å². The highest BCUT2D eigenvalue weighted by Crippen LogP contribution is 2.33. The average Bonchev–Trinajstić information content (AvgIpc) is 3.21. The Morgan fingerprint density at radius 2 is 1.90 bits per heavy atom. The molecule has 0 spiro atoms. The molecule has 152 valence electrons. The molecule has 0 radical (unpaired) electrons. The van der Waals surface area contributed by atoms with E-state index in [0.717, 1.165) is 27.3 Å². The standard InChI is InChI=1S/C23H21N3O3S/c1-3-29-18-8-6-17(7-9-18)22(27)26(15-16-5-4-12-24-14-16)23-25-20-13-19(28-2)10-11-21(20)30-23/h4-14H,3,15H2,1-2H3. The molecule has 0 aliphatic heterocycles. The summed E-state index contributed by atoms with van der Waals surface area (Å²) in [7, 11) is 1.62. The van der Waals surface area contributed by atoms with E-state index in [9.17, 15) is 4.79 Å². The molecule has 0 aliphatic rings. The van der Waals surface area contributed by atoms with Gasteiger partial charge in [-0.05, 0) is 55.0 Å². The summed E-state index contributed by atoms with van der Waals surface area (Å²) in [6.45, 7) is 2.88. The zero-order chi connectivity index (χ0) is 20.9. The van der Waals surface area contributed by atoms with Gasteiger partial charge in [0.25, 0.3) is 5.91 Å². The zero-order valence-corrected chi connectivity index (χ0v) is 17.6. The lowest BCUT2D eigenvalue weighted by molar-refractivity contribution is 0.0985. The molecular formula is C23H21N3O3S. The maximum absolute atomic E-state index is 13.4. The van der Waals surface area contributed by atoms with Gasteiger partial charge in [-0.25, -0.2) is 4.98 Å². The van der Waals surface area contributed by atoms with Crippen molar-refractivity contribution >= 4 is 32.6 Å². The maximum Gasteiger partial charge on any atom is 0.260 e. The first-order valence-electron chi connectivity index (χ1n) is 9.56. The van der Waals surface area contributed by atoms with Crippen LogP contribution in [0.3, 0.4) is 0 Å². The summed E-state index contributed by atoms with van der Waals surface area (Å²) in [5.41, 5.74) is 2.29. The number of pyridine rings is 1. The number of carbonyl (C=O) groups excluding carboxylic acids is 1. The van der Waals surface area contributed by atoms with Crippen LogP contribution in [0.5, 0.6) is 11.5 Å². The van der Waals surface area contributed by atoms with Crippen molar-refractivity contribution in [1.82, 2.24) is 9.97 Å². The van der Waals surface area contributed by atoms with Crippen molar-refractivity contribution < 1.29 is 14.3 Å². The van der Waals surface area contributed by atoms with Gasteiger partial charge in [0.2, 0.25) is 0 Å². The van der Waals surface area contributed by atoms with Gasteiger partial charge in [0, 0.05) is 24.0 Å². The van der Waals surface area contributed by atoms with Gasteiger partial charge in [-0.2, -0.15) is 0 Å². The molecule has 0 bridgehead atoms. The van der Waals surface area contributed by atoms with Crippen LogP contribution in [-0.2, 0) is 6.54 Å². The topological polar surface area (TPSA) is 64.5 Å². The van der Waals surface area contributed by atoms with E-state index >= 15 is 0 Å². The molecule has 0 aliphatic carbocycles. The van der Waals surface area contributed by atoms with E-state index in [1.807, 2.05) is 49.4 Å². The quantitative estimate of drug-likeness (QED) is 0.424. The van der Waals surface area contributed by atoms with Gasteiger partial charge >= 0.3 is 0 Å². The monoisotopic (exact) mass is 419 g/mol. The Morgan fingerprint density at radius 3 is 2.60 bits per heavy atom. The molecule has 0 N–H and O–H groups in total. The number of amides is 1. The van der Waals surface area contributed by atoms with Crippen molar-refractivity contribution in [3.05, 3.63) is 78.1 Å². The predicted octanol–water partition coefficient (Wildman–Crippen LogP) is 4.95. The third-order valence-corrected chi connectivity index (χ3v) is 5.59. The van der Waals surface area contributed by atoms with E-state index in [2.05, 4.69) is 4.98 Å². The Balaban J connectivity index is 1.71. The Morgan fingerprint density at radius 1 is 1.10 bits per heavy atom. The van der Waals surface area contributed by atoms with Gasteiger partial charge in [-0.15, -0.1) is 0 Å². The molecule has 0 unspecified atom stereocenters. The highest BCUT2D eigenvalue weighted by molar-refractivity contribution is 7.22. The number of aromatic nitrogens is 2. The number of benzene rings is 2. The first-order valence-corrected chi connectivity index (χ1v) is 10.4. The first-order chi connectivity index (χ1) is 14.7. The lowest BCUT2D eigenvalue weighted by Crippen LogP contribution is -2.30. The van der Waals surface area contributed by atoms with Crippen LogP contribution in [0.1, 0.15) is 22.8 Å². The summed E-state index contributed by atoms with van der Waals surface area (Å²) in [4.78, 5) is 24.0. The SMILES string of the molecule is CCOc1ccc(C(=O)N(Cc2cccnc2)c2nc3cc(OC)ccc3s2)cc1. The molecule has 2 heterocycles. The minimum Gasteiger partial charge on any atom is -0.497 e. The van der Waals surface area contributed by atoms with Gasteiger partial charge in [0.1, 0.15) is 11.5 Å². The molecule has 1 amide bonds. The molecule has 6 nitrogen and oxygen atoms in total. The highest BCUT2D eigenvalue weighted by atomic mass is 32.1. The number of carbonyl (C=O) groups is 1. The van der Waals surface area contributed by atoms with E-state index in [4.69, 9.17) is 14.5 Å². The Bertz CT molecular complexity index is 1140. The molecule has 0 atom stereocenters. The molecule has 2 aromatic heterocycles. The average molecular weight is 420 g/mol. The predicted molar refractivity (Wildman–Crippen MR) is 119 cm³/mol. The summed E-state index contributed by atoms with van der Waals surface area (Å²) in [6, 6.07) is 16.7. The van der Waals surface area contributed by atoms with Gasteiger partial charge in [-0.1, -0.05) is 17.4 Å². The first kappa shape index (κ1) is 19.8. The van der Waals surface area contributed by atoms with Gasteiger partial charge < -0.3 is 9.47 Å². The van der Waals surface area contributed by atoms with Crippen molar-refractivity contribution in [3.8, 4) is 11.5 Å². The third kappa shape index (κ3) is 4.26. The molecule has 2 aromatic carbocycles. The van der Waals surface area contributed by atoms with Crippen LogP contribution in [0, 0.1) is 0 Å². The Hall–Kier alpha value is -3.45. The van der Waals surface area contributed by atoms with Crippen molar-refractivity contribution in [2.45, 2.75) is 13.5 Å². The molecule has 30 heavy (non-hydrogen) atoms. The minimum atomic E-state index is -0.132. The van der Waals surface area contributed by atoms with Crippen molar-refractivity contribution in [2.24, 2.45) is 0 Å². The molecule has 4 aromatic rings. The molecule has 7 heteroatoms. The normalized spacial score (nSPS) is 10.7. The lowest BCUT2D eigenvalue weighted by Gasteiger charge is -2.20.